The number of hydrogen-bond donors (Lipinski definition) is 1. The highest BCUT2D eigenvalue weighted by Crippen LogP contribution is 2.06. The molecule has 0 aliphatic carbocycles. The molecule has 0 bridgehead atoms. The van der Waals surface area contributed by atoms with E-state index in [0.717, 1.165) is 12.8 Å². The van der Waals surface area contributed by atoms with Crippen molar-refractivity contribution in [2.24, 2.45) is 0 Å². The molecule has 1 unspecified atom stereocenters. The van der Waals surface area contributed by atoms with Crippen LogP contribution in [0.15, 0.2) is 24.5 Å². The molecule has 0 fully saturated rings. The molecule has 19 heavy (non-hydrogen) atoms. The number of pyridine rings is 1. The zero-order chi connectivity index (χ0) is 14.7. The second-order valence-corrected chi connectivity index (χ2v) is 4.59. The van der Waals surface area contributed by atoms with E-state index in [1.54, 1.807) is 6.20 Å². The van der Waals surface area contributed by atoms with Crippen molar-refractivity contribution in [1.82, 2.24) is 10.3 Å². The number of aromatic nitrogens is 1. The molecule has 0 aromatic carbocycles. The van der Waals surface area contributed by atoms with Crippen molar-refractivity contribution in [3.8, 4) is 0 Å². The first kappa shape index (κ1) is 17.8. The highest BCUT2D eigenvalue weighted by atomic mass is 16.1. The van der Waals surface area contributed by atoms with Crippen molar-refractivity contribution in [1.29, 1.82) is 0 Å². The zero-order valence-electron chi connectivity index (χ0n) is 12.9. The lowest BCUT2D eigenvalue weighted by Crippen LogP contribution is -2.40. The predicted octanol–water partition coefficient (Wildman–Crippen LogP) is 3.39. The van der Waals surface area contributed by atoms with Gasteiger partial charge in [-0.1, -0.05) is 40.7 Å². The molecule has 1 N–H and O–H groups in total. The Morgan fingerprint density at radius 1 is 1.37 bits per heavy atom. The number of hydrogen-bond acceptors (Lipinski definition) is 3. The first-order valence-corrected chi connectivity index (χ1v) is 7.31. The molecule has 1 aromatic heterocycles. The van der Waals surface area contributed by atoms with Gasteiger partial charge < -0.3 is 5.32 Å². The number of carbonyl (C=O) groups excluding carboxylic acids is 1. The minimum Gasteiger partial charge on any atom is -0.305 e. The van der Waals surface area contributed by atoms with Crippen LogP contribution in [0.5, 0.6) is 0 Å². The monoisotopic (exact) mass is 264 g/mol. The van der Waals surface area contributed by atoms with Crippen molar-refractivity contribution in [2.75, 3.05) is 0 Å². The van der Waals surface area contributed by atoms with Crippen molar-refractivity contribution in [3.63, 3.8) is 0 Å². The fourth-order valence-electron chi connectivity index (χ4n) is 1.84. The summed E-state index contributed by atoms with van der Waals surface area (Å²) in [4.78, 5) is 15.9. The maximum Gasteiger partial charge on any atom is 0.149 e. The summed E-state index contributed by atoms with van der Waals surface area (Å²) in [6, 6.07) is 4.29. The van der Waals surface area contributed by atoms with Crippen molar-refractivity contribution < 1.29 is 4.79 Å². The molecule has 3 nitrogen and oxygen atoms in total. The van der Waals surface area contributed by atoms with E-state index in [1.165, 1.54) is 5.56 Å². The van der Waals surface area contributed by atoms with Gasteiger partial charge in [0.2, 0.25) is 0 Å². The second-order valence-electron chi connectivity index (χ2n) is 4.59. The summed E-state index contributed by atoms with van der Waals surface area (Å²) < 4.78 is 0. The summed E-state index contributed by atoms with van der Waals surface area (Å²) in [6.07, 6.45) is 5.96. The van der Waals surface area contributed by atoms with E-state index in [4.69, 9.17) is 0 Å². The second kappa shape index (κ2) is 10.7. The lowest BCUT2D eigenvalue weighted by atomic mass is 10.0. The van der Waals surface area contributed by atoms with Crippen molar-refractivity contribution in [2.45, 2.75) is 66.0 Å². The Morgan fingerprint density at radius 3 is 2.53 bits per heavy atom. The Labute approximate surface area is 117 Å². The third-order valence-corrected chi connectivity index (χ3v) is 2.72. The van der Waals surface area contributed by atoms with Crippen LogP contribution in [-0.2, 0) is 11.2 Å². The Hall–Kier alpha value is -1.22. The van der Waals surface area contributed by atoms with E-state index in [-0.39, 0.29) is 6.04 Å². The van der Waals surface area contributed by atoms with Crippen LogP contribution in [0.4, 0.5) is 0 Å². The predicted molar refractivity (Wildman–Crippen MR) is 81.3 cm³/mol. The van der Waals surface area contributed by atoms with Gasteiger partial charge in [-0.15, -0.1) is 0 Å². The maximum absolute atomic E-state index is 11.8. The van der Waals surface area contributed by atoms with E-state index in [9.17, 15) is 4.79 Å². The molecule has 1 aromatic rings. The van der Waals surface area contributed by atoms with Crippen LogP contribution in [0, 0.1) is 0 Å². The summed E-state index contributed by atoms with van der Waals surface area (Å²) in [5, 5.41) is 3.33. The average Bonchev–Trinajstić information content (AvgIpc) is 2.45. The Morgan fingerprint density at radius 2 is 2.05 bits per heavy atom. The highest BCUT2D eigenvalue weighted by Gasteiger charge is 2.16. The molecule has 1 atom stereocenters. The van der Waals surface area contributed by atoms with Crippen molar-refractivity contribution >= 4 is 5.78 Å². The largest absolute Gasteiger partial charge is 0.305 e. The molecule has 0 amide bonds. The molecule has 0 saturated carbocycles. The van der Waals surface area contributed by atoms with Crippen LogP contribution in [0.25, 0.3) is 0 Å². The molecule has 1 heterocycles. The summed E-state index contributed by atoms with van der Waals surface area (Å²) in [5.41, 5.74) is 1.19. The molecular weight excluding hydrogens is 236 g/mol. The zero-order valence-corrected chi connectivity index (χ0v) is 12.9. The highest BCUT2D eigenvalue weighted by molar-refractivity contribution is 5.83. The summed E-state index contributed by atoms with van der Waals surface area (Å²) >= 11 is 0. The molecule has 3 heteroatoms. The summed E-state index contributed by atoms with van der Waals surface area (Å²) in [7, 11) is 0. The number of rotatable bonds is 7. The van der Waals surface area contributed by atoms with Crippen LogP contribution in [0.1, 0.15) is 53.0 Å². The SMILES string of the molecule is CC.CCC(=O)C(CCc1cccnc1)NC(C)C. The first-order valence-electron chi connectivity index (χ1n) is 7.31. The number of aryl methyl sites for hydroxylation is 1. The molecule has 0 aliphatic heterocycles. The summed E-state index contributed by atoms with van der Waals surface area (Å²) in [6.45, 7) is 10.1. The molecule has 0 spiro atoms. The third-order valence-electron chi connectivity index (χ3n) is 2.72. The van der Waals surface area contributed by atoms with Gasteiger partial charge in [0.15, 0.2) is 0 Å². The standard InChI is InChI=1S/C14H22N2O.C2H6/c1-4-14(17)13(16-11(2)3)8-7-12-6-5-9-15-10-12;1-2/h5-6,9-11,13,16H,4,7-8H2,1-3H3;1-2H3. The van der Waals surface area contributed by atoms with Gasteiger partial charge in [0.05, 0.1) is 6.04 Å². The van der Waals surface area contributed by atoms with Gasteiger partial charge in [-0.2, -0.15) is 0 Å². The van der Waals surface area contributed by atoms with E-state index in [1.807, 2.05) is 33.0 Å². The molecule has 0 saturated heterocycles. The van der Waals surface area contributed by atoms with E-state index < -0.39 is 0 Å². The van der Waals surface area contributed by atoms with Gasteiger partial charge >= 0.3 is 0 Å². The molecule has 0 radical (unpaired) electrons. The molecule has 1 rings (SSSR count). The third kappa shape index (κ3) is 7.73. The van der Waals surface area contributed by atoms with Crippen LogP contribution in [-0.4, -0.2) is 22.9 Å². The average molecular weight is 264 g/mol. The lowest BCUT2D eigenvalue weighted by molar-refractivity contribution is -0.121. The molecule has 0 aliphatic rings. The van der Waals surface area contributed by atoms with E-state index >= 15 is 0 Å². The number of Topliss-reactive ketones (excluding diaryl/α,β-unsaturated/α-hetero) is 1. The van der Waals surface area contributed by atoms with E-state index in [2.05, 4.69) is 30.2 Å². The smallest absolute Gasteiger partial charge is 0.149 e. The quantitative estimate of drug-likeness (QED) is 0.821. The topological polar surface area (TPSA) is 42.0 Å². The van der Waals surface area contributed by atoms with Crippen LogP contribution in [0.3, 0.4) is 0 Å². The van der Waals surface area contributed by atoms with Crippen molar-refractivity contribution in [3.05, 3.63) is 30.1 Å². The van der Waals surface area contributed by atoms with Gasteiger partial charge in [-0.3, -0.25) is 9.78 Å². The minimum absolute atomic E-state index is 0.0276. The van der Waals surface area contributed by atoms with Gasteiger partial charge in [-0.25, -0.2) is 0 Å². The number of nitrogens with one attached hydrogen (secondary N) is 1. The fraction of sp³-hybridized carbons (Fsp3) is 0.625. The minimum atomic E-state index is -0.0276. The Kier molecular flexibility index (Phi) is 9.99. The first-order chi connectivity index (χ1) is 9.13. The van der Waals surface area contributed by atoms with E-state index in [0.29, 0.717) is 18.2 Å². The van der Waals surface area contributed by atoms with Crippen LogP contribution < -0.4 is 5.32 Å². The molecular formula is C16H28N2O. The van der Waals surface area contributed by atoms with Gasteiger partial charge in [0, 0.05) is 24.9 Å². The fourth-order valence-corrected chi connectivity index (χ4v) is 1.84. The van der Waals surface area contributed by atoms with Gasteiger partial charge in [-0.05, 0) is 24.5 Å². The summed E-state index contributed by atoms with van der Waals surface area (Å²) in [5.74, 6) is 0.294. The number of carbonyl (C=O) groups is 1. The molecule has 108 valence electrons. The van der Waals surface area contributed by atoms with Crippen LogP contribution in [0.2, 0.25) is 0 Å². The van der Waals surface area contributed by atoms with Gasteiger partial charge in [0.1, 0.15) is 5.78 Å². The normalized spacial score (nSPS) is 11.7. The lowest BCUT2D eigenvalue weighted by Gasteiger charge is -2.19. The number of ketones is 1. The van der Waals surface area contributed by atoms with Crippen LogP contribution >= 0.6 is 0 Å². The maximum atomic E-state index is 11.8. The Bertz CT molecular complexity index is 336. The van der Waals surface area contributed by atoms with Gasteiger partial charge in [0.25, 0.3) is 0 Å². The number of nitrogens with zero attached hydrogens (tertiary/aromatic N) is 1. The Balaban J connectivity index is 0.00000154.